The van der Waals surface area contributed by atoms with Crippen LogP contribution in [0.5, 0.6) is 0 Å². The van der Waals surface area contributed by atoms with Crippen molar-refractivity contribution in [2.75, 3.05) is 0 Å². The third kappa shape index (κ3) is 1.88. The molecule has 0 saturated heterocycles. The molecule has 2 heteroatoms. The number of aromatic amines is 1. The molecule has 0 aliphatic heterocycles. The molecule has 88 valence electrons. The molecule has 0 saturated carbocycles. The lowest BCUT2D eigenvalue weighted by Crippen LogP contribution is -2.00. The molecule has 0 bridgehead atoms. The van der Waals surface area contributed by atoms with Gasteiger partial charge < -0.3 is 4.98 Å². The largest absolute Gasteiger partial charge is 0.342 e. The van der Waals surface area contributed by atoms with Gasteiger partial charge in [-0.2, -0.15) is 0 Å². The zero-order valence-electron chi connectivity index (χ0n) is 10.5. The van der Waals surface area contributed by atoms with Crippen molar-refractivity contribution in [1.29, 1.82) is 0 Å². The normalized spacial score (nSPS) is 14.7. The fourth-order valence-corrected chi connectivity index (χ4v) is 2.66. The van der Waals surface area contributed by atoms with Crippen molar-refractivity contribution >= 4 is 0 Å². The van der Waals surface area contributed by atoms with Gasteiger partial charge in [-0.3, -0.25) is 0 Å². The Labute approximate surface area is 102 Å². The van der Waals surface area contributed by atoms with E-state index in [1.807, 2.05) is 0 Å². The molecule has 1 N–H and O–H groups in total. The summed E-state index contributed by atoms with van der Waals surface area (Å²) in [5.74, 6) is 1.05. The quantitative estimate of drug-likeness (QED) is 0.791. The Balaban J connectivity index is 2.06. The van der Waals surface area contributed by atoms with Crippen LogP contribution in [-0.2, 0) is 12.8 Å². The van der Waals surface area contributed by atoms with Gasteiger partial charge in [-0.15, -0.1) is 0 Å². The predicted molar refractivity (Wildman–Crippen MR) is 70.1 cm³/mol. The molecule has 1 heterocycles. The number of imidazole rings is 1. The Hall–Kier alpha value is -1.57. The van der Waals surface area contributed by atoms with E-state index in [1.54, 1.807) is 0 Å². The minimum Gasteiger partial charge on any atom is -0.342 e. The lowest BCUT2D eigenvalue weighted by Gasteiger charge is -2.07. The Morgan fingerprint density at radius 3 is 2.71 bits per heavy atom. The van der Waals surface area contributed by atoms with E-state index in [0.29, 0.717) is 0 Å². The van der Waals surface area contributed by atoms with E-state index in [-0.39, 0.29) is 0 Å². The molecular weight excluding hydrogens is 208 g/mol. The van der Waals surface area contributed by atoms with E-state index in [1.165, 1.54) is 40.9 Å². The summed E-state index contributed by atoms with van der Waals surface area (Å²) >= 11 is 0. The summed E-state index contributed by atoms with van der Waals surface area (Å²) < 4.78 is 0. The summed E-state index contributed by atoms with van der Waals surface area (Å²) in [4.78, 5) is 8.26. The maximum absolute atomic E-state index is 4.76. The molecule has 3 rings (SSSR count). The summed E-state index contributed by atoms with van der Waals surface area (Å²) in [6.45, 7) is 4.29. The molecule has 0 amide bonds. The molecular formula is C15H18N2. The smallest absolute Gasteiger partial charge is 0.138 e. The van der Waals surface area contributed by atoms with Crippen LogP contribution in [0.25, 0.3) is 11.4 Å². The number of nitrogens with one attached hydrogen (secondary N) is 1. The number of aryl methyl sites for hydroxylation is 4. The number of H-pyrrole nitrogens is 1. The first kappa shape index (κ1) is 10.6. The first-order valence-corrected chi connectivity index (χ1v) is 6.39. The minimum atomic E-state index is 1.05. The molecule has 0 radical (unpaired) electrons. The van der Waals surface area contributed by atoms with Gasteiger partial charge in [-0.1, -0.05) is 23.8 Å². The number of benzene rings is 1. The minimum absolute atomic E-state index is 1.05. The van der Waals surface area contributed by atoms with Crippen molar-refractivity contribution in [3.05, 3.63) is 40.7 Å². The predicted octanol–water partition coefficient (Wildman–Crippen LogP) is 3.57. The molecule has 2 aromatic rings. The number of aromatic nitrogens is 2. The molecule has 2 nitrogen and oxygen atoms in total. The molecule has 0 unspecified atom stereocenters. The lowest BCUT2D eigenvalue weighted by atomic mass is 10.0. The topological polar surface area (TPSA) is 28.7 Å². The number of nitrogens with zero attached hydrogens (tertiary/aromatic N) is 1. The number of hydrogen-bond donors (Lipinski definition) is 1. The van der Waals surface area contributed by atoms with E-state index in [0.717, 1.165) is 18.7 Å². The van der Waals surface area contributed by atoms with Crippen molar-refractivity contribution in [1.82, 2.24) is 9.97 Å². The van der Waals surface area contributed by atoms with Crippen LogP contribution in [0.4, 0.5) is 0 Å². The van der Waals surface area contributed by atoms with Gasteiger partial charge in [-0.05, 0) is 45.1 Å². The number of fused-ring (bicyclic) bond motifs is 1. The molecule has 0 spiro atoms. The Kier molecular flexibility index (Phi) is 2.50. The van der Waals surface area contributed by atoms with E-state index in [2.05, 4.69) is 37.0 Å². The fraction of sp³-hybridized carbons (Fsp3) is 0.400. The molecule has 0 fully saturated rings. The summed E-state index contributed by atoms with van der Waals surface area (Å²) in [6, 6.07) is 6.55. The Morgan fingerprint density at radius 1 is 1.12 bits per heavy atom. The van der Waals surface area contributed by atoms with Crippen LogP contribution in [0.3, 0.4) is 0 Å². The molecule has 17 heavy (non-hydrogen) atoms. The van der Waals surface area contributed by atoms with Crippen molar-refractivity contribution in [3.8, 4) is 11.4 Å². The third-order valence-electron chi connectivity index (χ3n) is 3.59. The molecule has 1 aliphatic rings. The van der Waals surface area contributed by atoms with Crippen molar-refractivity contribution < 1.29 is 0 Å². The number of hydrogen-bond acceptors (Lipinski definition) is 1. The van der Waals surface area contributed by atoms with Gasteiger partial charge in [0.25, 0.3) is 0 Å². The van der Waals surface area contributed by atoms with E-state index in [9.17, 15) is 0 Å². The monoisotopic (exact) mass is 226 g/mol. The van der Waals surface area contributed by atoms with Crippen LogP contribution in [0.2, 0.25) is 0 Å². The van der Waals surface area contributed by atoms with E-state index >= 15 is 0 Å². The second-order valence-electron chi connectivity index (χ2n) is 5.04. The van der Waals surface area contributed by atoms with E-state index in [4.69, 9.17) is 4.98 Å². The average molecular weight is 226 g/mol. The van der Waals surface area contributed by atoms with Gasteiger partial charge in [0.15, 0.2) is 0 Å². The zero-order chi connectivity index (χ0) is 11.8. The van der Waals surface area contributed by atoms with Crippen LogP contribution in [0, 0.1) is 13.8 Å². The van der Waals surface area contributed by atoms with Crippen molar-refractivity contribution in [2.45, 2.75) is 39.5 Å². The van der Waals surface area contributed by atoms with Crippen LogP contribution in [0.15, 0.2) is 18.2 Å². The van der Waals surface area contributed by atoms with E-state index < -0.39 is 0 Å². The first-order valence-electron chi connectivity index (χ1n) is 6.39. The summed E-state index contributed by atoms with van der Waals surface area (Å²) in [5.41, 5.74) is 6.49. The SMILES string of the molecule is Cc1ccc(-c2nc3c([nH]2)CCCC3)c(C)c1. The maximum atomic E-state index is 4.76. The second kappa shape index (κ2) is 4.02. The van der Waals surface area contributed by atoms with Gasteiger partial charge in [-0.25, -0.2) is 4.98 Å². The fourth-order valence-electron chi connectivity index (χ4n) is 2.66. The van der Waals surface area contributed by atoms with Gasteiger partial charge in [0, 0.05) is 11.3 Å². The maximum Gasteiger partial charge on any atom is 0.138 e. The third-order valence-corrected chi connectivity index (χ3v) is 3.59. The first-order chi connectivity index (χ1) is 8.24. The molecule has 1 aliphatic carbocycles. The summed E-state index contributed by atoms with van der Waals surface area (Å²) in [5, 5.41) is 0. The standard InChI is InChI=1S/C15H18N2/c1-10-7-8-12(11(2)9-10)15-16-13-5-3-4-6-14(13)17-15/h7-9H,3-6H2,1-2H3,(H,16,17). The Bertz CT molecular complexity index is 529. The van der Waals surface area contributed by atoms with Crippen molar-refractivity contribution in [3.63, 3.8) is 0 Å². The zero-order valence-corrected chi connectivity index (χ0v) is 10.5. The highest BCUT2D eigenvalue weighted by atomic mass is 14.9. The molecule has 1 aromatic heterocycles. The van der Waals surface area contributed by atoms with Gasteiger partial charge in [0.2, 0.25) is 0 Å². The molecule has 1 aromatic carbocycles. The van der Waals surface area contributed by atoms with Crippen LogP contribution < -0.4 is 0 Å². The summed E-state index contributed by atoms with van der Waals surface area (Å²) in [6.07, 6.45) is 4.87. The highest BCUT2D eigenvalue weighted by Gasteiger charge is 2.15. The average Bonchev–Trinajstić information content (AvgIpc) is 2.72. The number of rotatable bonds is 1. The van der Waals surface area contributed by atoms with Gasteiger partial charge in [0.05, 0.1) is 5.69 Å². The Morgan fingerprint density at radius 2 is 1.94 bits per heavy atom. The van der Waals surface area contributed by atoms with Crippen molar-refractivity contribution in [2.24, 2.45) is 0 Å². The van der Waals surface area contributed by atoms with Crippen LogP contribution in [-0.4, -0.2) is 9.97 Å². The summed E-state index contributed by atoms with van der Waals surface area (Å²) in [7, 11) is 0. The van der Waals surface area contributed by atoms with Gasteiger partial charge >= 0.3 is 0 Å². The second-order valence-corrected chi connectivity index (χ2v) is 5.04. The highest BCUT2D eigenvalue weighted by Crippen LogP contribution is 2.26. The van der Waals surface area contributed by atoms with Crippen LogP contribution >= 0.6 is 0 Å². The van der Waals surface area contributed by atoms with Crippen LogP contribution in [0.1, 0.15) is 35.4 Å². The highest BCUT2D eigenvalue weighted by molar-refractivity contribution is 5.61. The lowest BCUT2D eigenvalue weighted by molar-refractivity contribution is 0.667. The van der Waals surface area contributed by atoms with Gasteiger partial charge in [0.1, 0.15) is 5.82 Å². The molecule has 0 atom stereocenters.